The molecule has 2 heterocycles. The smallest absolute Gasteiger partial charge is 0.286 e. The van der Waals surface area contributed by atoms with E-state index in [1.54, 1.807) is 22.8 Å². The molecule has 0 radical (unpaired) electrons. The van der Waals surface area contributed by atoms with Crippen LogP contribution in [0.25, 0.3) is 22.0 Å². The predicted molar refractivity (Wildman–Crippen MR) is 116 cm³/mol. The van der Waals surface area contributed by atoms with Gasteiger partial charge in [-0.1, -0.05) is 49.6 Å². The van der Waals surface area contributed by atoms with Crippen molar-refractivity contribution < 1.29 is 14.0 Å². The van der Waals surface area contributed by atoms with Crippen LogP contribution in [-0.2, 0) is 4.79 Å². The second kappa shape index (κ2) is 7.47. The maximum Gasteiger partial charge on any atom is 0.286 e. The quantitative estimate of drug-likeness (QED) is 0.633. The van der Waals surface area contributed by atoms with Crippen LogP contribution in [0.3, 0.4) is 0 Å². The average Bonchev–Trinajstić information content (AvgIpc) is 3.28. The molecule has 2 fully saturated rings. The van der Waals surface area contributed by atoms with Crippen molar-refractivity contribution in [2.24, 2.45) is 0 Å². The fourth-order valence-electron chi connectivity index (χ4n) is 4.59. The summed E-state index contributed by atoms with van der Waals surface area (Å²) >= 11 is 1.63. The third-order valence-electron chi connectivity index (χ3n) is 6.02. The Kier molecular flexibility index (Phi) is 4.77. The minimum absolute atomic E-state index is 0.0707. The zero-order chi connectivity index (χ0) is 20.7. The highest BCUT2D eigenvalue weighted by atomic mass is 32.2. The molecule has 1 aliphatic heterocycles. The molecule has 1 spiro atoms. The van der Waals surface area contributed by atoms with Gasteiger partial charge in [-0.05, 0) is 36.6 Å². The molecular formula is C23H22FN3O2S. The highest BCUT2D eigenvalue weighted by Crippen LogP contribution is 2.46. The number of carbonyl (C=O) groups excluding carboxylic acids is 2. The van der Waals surface area contributed by atoms with Gasteiger partial charge in [-0.25, -0.2) is 9.40 Å². The van der Waals surface area contributed by atoms with Crippen LogP contribution < -0.4 is 5.43 Å². The lowest BCUT2D eigenvalue weighted by Gasteiger charge is -2.39. The molecule has 5 nitrogen and oxygen atoms in total. The van der Waals surface area contributed by atoms with Crippen molar-refractivity contribution in [3.63, 3.8) is 0 Å². The Hall–Kier alpha value is -2.80. The second-order valence-corrected chi connectivity index (χ2v) is 9.23. The summed E-state index contributed by atoms with van der Waals surface area (Å²) in [7, 11) is 0. The normalized spacial score (nSPS) is 18.3. The number of thioether (sulfide) groups is 1. The minimum Gasteiger partial charge on any atom is -0.350 e. The molecule has 1 saturated heterocycles. The summed E-state index contributed by atoms with van der Waals surface area (Å²) in [5.41, 5.74) is 5.35. The van der Waals surface area contributed by atoms with Crippen LogP contribution >= 0.6 is 11.8 Å². The van der Waals surface area contributed by atoms with Crippen LogP contribution in [0, 0.1) is 5.82 Å². The van der Waals surface area contributed by atoms with Crippen LogP contribution in [0.15, 0.2) is 48.5 Å². The van der Waals surface area contributed by atoms with E-state index in [0.29, 0.717) is 27.9 Å². The van der Waals surface area contributed by atoms with Gasteiger partial charge in [0.15, 0.2) is 0 Å². The van der Waals surface area contributed by atoms with E-state index < -0.39 is 0 Å². The van der Waals surface area contributed by atoms with Gasteiger partial charge in [0.2, 0.25) is 0 Å². The summed E-state index contributed by atoms with van der Waals surface area (Å²) in [6.45, 7) is 0. The van der Waals surface area contributed by atoms with Crippen LogP contribution in [0.5, 0.6) is 0 Å². The Morgan fingerprint density at radius 2 is 1.87 bits per heavy atom. The maximum atomic E-state index is 14.0. The molecule has 3 aromatic rings. The number of amides is 2. The molecule has 5 rings (SSSR count). The standard InChI is InChI=1S/C23H22FN3O2S/c24-16-9-10-18-17(13-16)20(15-7-3-1-4-8-15)21(25-18)22(29)26-27-19(28)14-30-23(27)11-5-2-6-12-23/h1,3-4,7-10,13,25H,2,5-6,11-12,14H2,(H,26,29). The number of aromatic nitrogens is 1. The Morgan fingerprint density at radius 1 is 1.10 bits per heavy atom. The molecule has 2 amide bonds. The third-order valence-corrected chi connectivity index (χ3v) is 7.54. The van der Waals surface area contributed by atoms with Gasteiger partial charge in [0, 0.05) is 16.5 Å². The first-order chi connectivity index (χ1) is 14.6. The molecule has 154 valence electrons. The molecule has 2 aromatic carbocycles. The van der Waals surface area contributed by atoms with Crippen molar-refractivity contribution in [2.45, 2.75) is 37.0 Å². The summed E-state index contributed by atoms with van der Waals surface area (Å²) in [5, 5.41) is 2.20. The van der Waals surface area contributed by atoms with Gasteiger partial charge in [0.25, 0.3) is 11.8 Å². The molecule has 7 heteroatoms. The van der Waals surface area contributed by atoms with Crippen LogP contribution in [0.4, 0.5) is 4.39 Å². The first-order valence-corrected chi connectivity index (χ1v) is 11.2. The number of nitrogens with zero attached hydrogens (tertiary/aromatic N) is 1. The third kappa shape index (κ3) is 3.17. The number of carbonyl (C=O) groups is 2. The monoisotopic (exact) mass is 423 g/mol. The average molecular weight is 424 g/mol. The van der Waals surface area contributed by atoms with Crippen molar-refractivity contribution in [1.82, 2.24) is 15.4 Å². The van der Waals surface area contributed by atoms with E-state index in [1.165, 1.54) is 12.1 Å². The zero-order valence-corrected chi connectivity index (χ0v) is 17.2. The second-order valence-electron chi connectivity index (χ2n) is 7.90. The van der Waals surface area contributed by atoms with Gasteiger partial charge in [0.1, 0.15) is 16.4 Å². The lowest BCUT2D eigenvalue weighted by molar-refractivity contribution is -0.133. The molecule has 0 atom stereocenters. The van der Waals surface area contributed by atoms with E-state index >= 15 is 0 Å². The number of benzene rings is 2. The van der Waals surface area contributed by atoms with Crippen molar-refractivity contribution in [3.8, 4) is 11.1 Å². The number of hydrogen-bond donors (Lipinski definition) is 2. The fourth-order valence-corrected chi connectivity index (χ4v) is 5.96. The van der Waals surface area contributed by atoms with Gasteiger partial charge in [-0.2, -0.15) is 0 Å². The lowest BCUT2D eigenvalue weighted by atomic mass is 9.94. The summed E-state index contributed by atoms with van der Waals surface area (Å²) in [5.74, 6) is -0.438. The van der Waals surface area contributed by atoms with E-state index in [-0.39, 0.29) is 22.5 Å². The molecule has 0 unspecified atom stereocenters. The number of hydrogen-bond acceptors (Lipinski definition) is 3. The number of nitrogens with one attached hydrogen (secondary N) is 2. The first-order valence-electron chi connectivity index (χ1n) is 10.2. The van der Waals surface area contributed by atoms with E-state index in [4.69, 9.17) is 0 Å². The Labute approximate surface area is 178 Å². The maximum absolute atomic E-state index is 14.0. The summed E-state index contributed by atoms with van der Waals surface area (Å²) in [6.07, 6.45) is 5.02. The highest BCUT2D eigenvalue weighted by Gasteiger charge is 2.48. The van der Waals surface area contributed by atoms with Gasteiger partial charge >= 0.3 is 0 Å². The van der Waals surface area contributed by atoms with E-state index in [2.05, 4.69) is 10.4 Å². The molecule has 1 saturated carbocycles. The predicted octanol–water partition coefficient (Wildman–Crippen LogP) is 4.85. The van der Waals surface area contributed by atoms with Crippen molar-refractivity contribution in [3.05, 3.63) is 60.0 Å². The zero-order valence-electron chi connectivity index (χ0n) is 16.4. The molecule has 30 heavy (non-hydrogen) atoms. The Bertz CT molecular complexity index is 1120. The Balaban J connectivity index is 1.56. The van der Waals surface area contributed by atoms with E-state index in [1.807, 2.05) is 30.3 Å². The van der Waals surface area contributed by atoms with E-state index in [9.17, 15) is 14.0 Å². The molecule has 2 N–H and O–H groups in total. The summed E-state index contributed by atoms with van der Waals surface area (Å²) in [4.78, 5) is 28.8. The minimum atomic E-state index is -0.383. The van der Waals surface area contributed by atoms with Gasteiger partial charge in [-0.3, -0.25) is 15.0 Å². The summed E-state index contributed by atoms with van der Waals surface area (Å²) < 4.78 is 14.0. The largest absolute Gasteiger partial charge is 0.350 e. The number of H-pyrrole nitrogens is 1. The molecule has 1 aromatic heterocycles. The number of halogens is 1. The van der Waals surface area contributed by atoms with Crippen molar-refractivity contribution in [1.29, 1.82) is 0 Å². The Morgan fingerprint density at radius 3 is 2.63 bits per heavy atom. The molecule has 0 bridgehead atoms. The number of aromatic amines is 1. The fraction of sp³-hybridized carbons (Fsp3) is 0.304. The SMILES string of the molecule is O=C(NN1C(=O)CSC12CCCCC2)c1[nH]c2ccc(F)cc2c1-c1ccccc1. The highest BCUT2D eigenvalue weighted by molar-refractivity contribution is 8.01. The molecule has 2 aliphatic rings. The summed E-state index contributed by atoms with van der Waals surface area (Å²) in [6, 6.07) is 13.9. The van der Waals surface area contributed by atoms with Crippen LogP contribution in [0.2, 0.25) is 0 Å². The van der Waals surface area contributed by atoms with Gasteiger partial charge < -0.3 is 4.98 Å². The van der Waals surface area contributed by atoms with Crippen molar-refractivity contribution in [2.75, 3.05) is 5.75 Å². The first kappa shape index (κ1) is 19.2. The molecule has 1 aliphatic carbocycles. The van der Waals surface area contributed by atoms with Crippen LogP contribution in [-0.4, -0.2) is 32.4 Å². The number of hydrazine groups is 1. The van der Waals surface area contributed by atoms with E-state index in [0.717, 1.165) is 37.7 Å². The topological polar surface area (TPSA) is 65.2 Å². The number of fused-ring (bicyclic) bond motifs is 1. The lowest BCUT2D eigenvalue weighted by Crippen LogP contribution is -2.55. The van der Waals surface area contributed by atoms with Gasteiger partial charge in [0.05, 0.1) is 5.75 Å². The van der Waals surface area contributed by atoms with Crippen molar-refractivity contribution >= 4 is 34.5 Å². The van der Waals surface area contributed by atoms with Gasteiger partial charge in [-0.15, -0.1) is 11.8 Å². The molecular weight excluding hydrogens is 401 g/mol. The number of rotatable bonds is 3. The van der Waals surface area contributed by atoms with Crippen LogP contribution in [0.1, 0.15) is 42.6 Å².